The van der Waals surface area contributed by atoms with Crippen molar-refractivity contribution in [3.63, 3.8) is 0 Å². The van der Waals surface area contributed by atoms with Gasteiger partial charge >= 0.3 is 0 Å². The van der Waals surface area contributed by atoms with E-state index in [-0.39, 0.29) is 0 Å². The molecule has 0 saturated heterocycles. The van der Waals surface area contributed by atoms with Gasteiger partial charge in [0.25, 0.3) is 0 Å². The Bertz CT molecular complexity index is 635. The van der Waals surface area contributed by atoms with Crippen LogP contribution in [0.5, 0.6) is 5.75 Å². The van der Waals surface area contributed by atoms with E-state index in [1.165, 1.54) is 0 Å². The summed E-state index contributed by atoms with van der Waals surface area (Å²) in [7, 11) is 0. The normalized spacial score (nSPS) is 9.22. The zero-order valence-corrected chi connectivity index (χ0v) is 9.63. The molecule has 0 heterocycles. The fourth-order valence-electron chi connectivity index (χ4n) is 1.58. The second kappa shape index (κ2) is 5.52. The van der Waals surface area contributed by atoms with E-state index in [9.17, 15) is 0 Å². The van der Waals surface area contributed by atoms with Crippen LogP contribution in [0.4, 0.5) is 0 Å². The van der Waals surface area contributed by atoms with Gasteiger partial charge in [-0.15, -0.1) is 0 Å². The predicted molar refractivity (Wildman–Crippen MR) is 66.6 cm³/mol. The molecular weight excluding hydrogens is 224 g/mol. The van der Waals surface area contributed by atoms with Gasteiger partial charge in [-0.25, -0.2) is 0 Å². The average Bonchev–Trinajstić information content (AvgIpc) is 2.45. The largest absolute Gasteiger partial charge is 0.488 e. The molecule has 3 nitrogen and oxygen atoms in total. The summed E-state index contributed by atoms with van der Waals surface area (Å²) in [6.07, 6.45) is 0. The van der Waals surface area contributed by atoms with E-state index in [2.05, 4.69) is 12.1 Å². The lowest BCUT2D eigenvalue weighted by molar-refractivity contribution is 0.305. The Morgan fingerprint density at radius 3 is 2.56 bits per heavy atom. The molecule has 0 spiro atoms. The minimum Gasteiger partial charge on any atom is -0.488 e. The zero-order chi connectivity index (χ0) is 12.8. The minimum absolute atomic E-state index is 0.341. The van der Waals surface area contributed by atoms with Gasteiger partial charge in [-0.1, -0.05) is 24.3 Å². The first-order valence-corrected chi connectivity index (χ1v) is 5.44. The fraction of sp³-hybridized carbons (Fsp3) is 0.0667. The van der Waals surface area contributed by atoms with Crippen LogP contribution >= 0.6 is 0 Å². The molecule has 2 aromatic rings. The molecule has 2 aromatic carbocycles. The number of nitrogens with zero attached hydrogens (tertiary/aromatic N) is 2. The van der Waals surface area contributed by atoms with Gasteiger partial charge in [0.1, 0.15) is 18.4 Å². The first-order chi connectivity index (χ1) is 8.83. The number of para-hydroxylation sites is 1. The smallest absolute Gasteiger partial charge is 0.137 e. The van der Waals surface area contributed by atoms with Gasteiger partial charge in [0.2, 0.25) is 0 Å². The molecule has 0 amide bonds. The summed E-state index contributed by atoms with van der Waals surface area (Å²) in [6.45, 7) is 0.341. The maximum absolute atomic E-state index is 8.92. The van der Waals surface area contributed by atoms with Crippen LogP contribution in [-0.4, -0.2) is 0 Å². The van der Waals surface area contributed by atoms with Crippen LogP contribution in [0.1, 0.15) is 16.7 Å². The van der Waals surface area contributed by atoms with Crippen molar-refractivity contribution in [2.75, 3.05) is 0 Å². The lowest BCUT2D eigenvalue weighted by atomic mass is 10.1. The molecule has 0 unspecified atom stereocenters. The van der Waals surface area contributed by atoms with Gasteiger partial charge in [0.05, 0.1) is 17.2 Å². The molecule has 0 radical (unpaired) electrons. The number of benzene rings is 2. The van der Waals surface area contributed by atoms with Crippen LogP contribution in [0.3, 0.4) is 0 Å². The number of rotatable bonds is 3. The van der Waals surface area contributed by atoms with Crippen molar-refractivity contribution in [3.8, 4) is 17.9 Å². The Kier molecular flexibility index (Phi) is 3.59. The summed E-state index contributed by atoms with van der Waals surface area (Å²) in [6, 6.07) is 18.5. The standard InChI is InChI=1S/C15H10N2O/c16-9-12-4-3-5-13(8-12)11-18-15-7-2-1-6-14(15)10-17/h1-8H,11H2. The zero-order valence-electron chi connectivity index (χ0n) is 9.63. The summed E-state index contributed by atoms with van der Waals surface area (Å²) >= 11 is 0. The Morgan fingerprint density at radius 1 is 0.944 bits per heavy atom. The molecule has 0 aliphatic heterocycles. The van der Waals surface area contributed by atoms with E-state index in [1.807, 2.05) is 18.2 Å². The van der Waals surface area contributed by atoms with Crippen molar-refractivity contribution in [2.45, 2.75) is 6.61 Å². The highest BCUT2D eigenvalue weighted by atomic mass is 16.5. The van der Waals surface area contributed by atoms with E-state index in [4.69, 9.17) is 15.3 Å². The number of hydrogen-bond donors (Lipinski definition) is 0. The molecular formula is C15H10N2O. The van der Waals surface area contributed by atoms with Crippen molar-refractivity contribution in [3.05, 3.63) is 65.2 Å². The summed E-state index contributed by atoms with van der Waals surface area (Å²) in [5.74, 6) is 0.558. The molecule has 0 aromatic heterocycles. The van der Waals surface area contributed by atoms with Crippen LogP contribution in [0.2, 0.25) is 0 Å². The quantitative estimate of drug-likeness (QED) is 0.820. The number of nitriles is 2. The number of hydrogen-bond acceptors (Lipinski definition) is 3. The predicted octanol–water partition coefficient (Wildman–Crippen LogP) is 3.01. The van der Waals surface area contributed by atoms with Crippen molar-refractivity contribution in [1.29, 1.82) is 10.5 Å². The maximum Gasteiger partial charge on any atom is 0.137 e. The second-order valence-corrected chi connectivity index (χ2v) is 3.71. The number of ether oxygens (including phenoxy) is 1. The lowest BCUT2D eigenvalue weighted by Gasteiger charge is -2.07. The molecule has 18 heavy (non-hydrogen) atoms. The Balaban J connectivity index is 2.12. The van der Waals surface area contributed by atoms with Gasteiger partial charge in [-0.05, 0) is 29.8 Å². The highest BCUT2D eigenvalue weighted by molar-refractivity contribution is 5.42. The molecule has 0 fully saturated rings. The molecule has 3 heteroatoms. The SMILES string of the molecule is N#Cc1cccc(COc2ccccc2C#N)c1. The van der Waals surface area contributed by atoms with Gasteiger partial charge < -0.3 is 4.74 Å². The third kappa shape index (κ3) is 2.66. The molecule has 0 atom stereocenters. The van der Waals surface area contributed by atoms with Gasteiger partial charge in [0.15, 0.2) is 0 Å². The van der Waals surface area contributed by atoms with Crippen molar-refractivity contribution in [1.82, 2.24) is 0 Å². The molecule has 86 valence electrons. The Hall–Kier alpha value is -2.78. The lowest BCUT2D eigenvalue weighted by Crippen LogP contribution is -1.97. The third-order valence-electron chi connectivity index (χ3n) is 2.46. The van der Waals surface area contributed by atoms with Crippen LogP contribution in [-0.2, 0) is 6.61 Å². The summed E-state index contributed by atoms with van der Waals surface area (Å²) in [5.41, 5.74) is 2.01. The molecule has 0 N–H and O–H groups in total. The molecule has 2 rings (SSSR count). The highest BCUT2D eigenvalue weighted by Crippen LogP contribution is 2.18. The van der Waals surface area contributed by atoms with Crippen molar-refractivity contribution >= 4 is 0 Å². The van der Waals surface area contributed by atoms with Crippen LogP contribution in [0.15, 0.2) is 48.5 Å². The molecule has 0 saturated carbocycles. The molecule has 0 bridgehead atoms. The van der Waals surface area contributed by atoms with E-state index in [0.717, 1.165) is 5.56 Å². The van der Waals surface area contributed by atoms with E-state index < -0.39 is 0 Å². The first kappa shape index (κ1) is 11.7. The van der Waals surface area contributed by atoms with Crippen LogP contribution in [0, 0.1) is 22.7 Å². The monoisotopic (exact) mass is 234 g/mol. The molecule has 0 aliphatic rings. The minimum atomic E-state index is 0.341. The highest BCUT2D eigenvalue weighted by Gasteiger charge is 2.02. The average molecular weight is 234 g/mol. The maximum atomic E-state index is 8.92. The first-order valence-electron chi connectivity index (χ1n) is 5.44. The van der Waals surface area contributed by atoms with Crippen LogP contribution in [0.25, 0.3) is 0 Å². The van der Waals surface area contributed by atoms with E-state index >= 15 is 0 Å². The third-order valence-corrected chi connectivity index (χ3v) is 2.46. The Morgan fingerprint density at radius 2 is 1.78 bits per heavy atom. The van der Waals surface area contributed by atoms with Crippen LogP contribution < -0.4 is 4.74 Å². The van der Waals surface area contributed by atoms with Gasteiger partial charge in [-0.2, -0.15) is 10.5 Å². The van der Waals surface area contributed by atoms with E-state index in [1.54, 1.807) is 30.3 Å². The van der Waals surface area contributed by atoms with E-state index in [0.29, 0.717) is 23.5 Å². The topological polar surface area (TPSA) is 56.8 Å². The fourth-order valence-corrected chi connectivity index (χ4v) is 1.58. The summed E-state index contributed by atoms with van der Waals surface area (Å²) < 4.78 is 5.58. The second-order valence-electron chi connectivity index (χ2n) is 3.71. The summed E-state index contributed by atoms with van der Waals surface area (Å²) in [4.78, 5) is 0. The van der Waals surface area contributed by atoms with Gasteiger partial charge in [0, 0.05) is 0 Å². The van der Waals surface area contributed by atoms with Gasteiger partial charge in [-0.3, -0.25) is 0 Å². The Labute approximate surface area is 105 Å². The van der Waals surface area contributed by atoms with Crippen molar-refractivity contribution < 1.29 is 4.74 Å². The van der Waals surface area contributed by atoms with Crippen molar-refractivity contribution in [2.24, 2.45) is 0 Å². The summed E-state index contributed by atoms with van der Waals surface area (Å²) in [5, 5.41) is 17.7. The molecule has 0 aliphatic carbocycles.